The minimum Gasteiger partial charge on any atom is -0.490 e. The number of aromatic carboxylic acids is 1. The third-order valence-corrected chi connectivity index (χ3v) is 9.71. The van der Waals surface area contributed by atoms with Crippen LogP contribution in [0.15, 0.2) is 42.5 Å². The van der Waals surface area contributed by atoms with E-state index < -0.39 is 5.97 Å². The number of carbonyl (C=O) groups is 2. The Morgan fingerprint density at radius 3 is 2.32 bits per heavy atom. The van der Waals surface area contributed by atoms with Crippen LogP contribution in [0.2, 0.25) is 0 Å². The van der Waals surface area contributed by atoms with E-state index in [-0.39, 0.29) is 35.0 Å². The second-order valence-electron chi connectivity index (χ2n) is 11.3. The second-order valence-corrected chi connectivity index (χ2v) is 12.4. The van der Waals surface area contributed by atoms with Gasteiger partial charge in [-0.3, -0.25) is 4.79 Å². The van der Waals surface area contributed by atoms with Crippen molar-refractivity contribution in [3.05, 3.63) is 52.2 Å². The van der Waals surface area contributed by atoms with Gasteiger partial charge in [-0.25, -0.2) is 4.79 Å². The monoisotopic (exact) mass is 537 g/mol. The molecule has 204 valence electrons. The second kappa shape index (κ2) is 12.0. The molecule has 1 unspecified atom stereocenters. The summed E-state index contributed by atoms with van der Waals surface area (Å²) in [4.78, 5) is 29.5. The molecule has 2 saturated carbocycles. The maximum Gasteiger partial charge on any atom is 0.348 e. The lowest BCUT2D eigenvalue weighted by atomic mass is 9.81. The first kappa shape index (κ1) is 26.9. The minimum absolute atomic E-state index is 0.0622. The Kier molecular flexibility index (Phi) is 8.54. The van der Waals surface area contributed by atoms with Crippen LogP contribution in [0.4, 0.5) is 5.69 Å². The Bertz CT molecular complexity index is 1140. The van der Waals surface area contributed by atoms with Crippen LogP contribution in [-0.2, 0) is 4.79 Å². The van der Waals surface area contributed by atoms with Crippen molar-refractivity contribution in [1.29, 1.82) is 0 Å². The fraction of sp³-hybridized carbons (Fsp3) is 0.548. The Morgan fingerprint density at radius 1 is 0.974 bits per heavy atom. The number of aliphatic hydroxyl groups is 1. The van der Waals surface area contributed by atoms with E-state index in [1.165, 1.54) is 11.3 Å². The number of thiophene rings is 1. The van der Waals surface area contributed by atoms with Gasteiger partial charge in [-0.2, -0.15) is 0 Å². The molecule has 6 nitrogen and oxygen atoms in total. The van der Waals surface area contributed by atoms with Gasteiger partial charge in [0.05, 0.1) is 11.8 Å². The summed E-state index contributed by atoms with van der Waals surface area (Å²) in [6.07, 6.45) is 10.8. The maximum atomic E-state index is 14.0. The van der Waals surface area contributed by atoms with Gasteiger partial charge in [0.2, 0.25) is 5.91 Å². The van der Waals surface area contributed by atoms with Crippen molar-refractivity contribution in [2.45, 2.75) is 95.8 Å². The van der Waals surface area contributed by atoms with E-state index in [4.69, 9.17) is 4.74 Å². The molecule has 0 radical (unpaired) electrons. The highest BCUT2D eigenvalue weighted by atomic mass is 32.1. The summed E-state index contributed by atoms with van der Waals surface area (Å²) in [5.41, 5.74) is 1.68. The smallest absolute Gasteiger partial charge is 0.348 e. The molecule has 2 N–H and O–H groups in total. The molecule has 7 heteroatoms. The molecule has 0 saturated heterocycles. The number of hydrogen-bond acceptors (Lipinski definition) is 5. The number of carbonyl (C=O) groups excluding carboxylic acids is 1. The molecule has 0 bridgehead atoms. The zero-order valence-electron chi connectivity index (χ0n) is 22.2. The summed E-state index contributed by atoms with van der Waals surface area (Å²) in [6, 6.07) is 11.7. The number of nitrogens with zero attached hydrogens (tertiary/aromatic N) is 1. The molecule has 3 aliphatic rings. The Hall–Kier alpha value is -2.64. The summed E-state index contributed by atoms with van der Waals surface area (Å²) >= 11 is 1.28. The average Bonchev–Trinajstić information content (AvgIpc) is 3.37. The van der Waals surface area contributed by atoms with Gasteiger partial charge in [0.15, 0.2) is 0 Å². The quantitative estimate of drug-likeness (QED) is 0.400. The summed E-state index contributed by atoms with van der Waals surface area (Å²) < 4.78 is 6.13. The van der Waals surface area contributed by atoms with E-state index >= 15 is 0 Å². The van der Waals surface area contributed by atoms with E-state index in [9.17, 15) is 19.8 Å². The fourth-order valence-corrected chi connectivity index (χ4v) is 7.28. The fourth-order valence-electron chi connectivity index (χ4n) is 6.22. The lowest BCUT2D eigenvalue weighted by molar-refractivity contribution is -0.124. The first-order valence-corrected chi connectivity index (χ1v) is 15.0. The Morgan fingerprint density at radius 2 is 1.68 bits per heavy atom. The lowest BCUT2D eigenvalue weighted by Crippen LogP contribution is -2.47. The molecule has 2 aromatic rings. The summed E-state index contributed by atoms with van der Waals surface area (Å²) in [5, 5.41) is 20.3. The zero-order chi connectivity index (χ0) is 26.6. The van der Waals surface area contributed by atoms with Crippen LogP contribution in [0, 0.1) is 11.8 Å². The van der Waals surface area contributed by atoms with Gasteiger partial charge in [-0.15, -0.1) is 11.3 Å². The van der Waals surface area contributed by atoms with Crippen molar-refractivity contribution in [3.8, 4) is 5.75 Å². The predicted octanol–water partition coefficient (Wildman–Crippen LogP) is 6.92. The number of ether oxygens (including phenoxy) is 1. The normalized spacial score (nSPS) is 27.8. The van der Waals surface area contributed by atoms with Gasteiger partial charge in [-0.05, 0) is 93.9 Å². The van der Waals surface area contributed by atoms with Gasteiger partial charge in [0.1, 0.15) is 16.7 Å². The first-order valence-electron chi connectivity index (χ1n) is 14.2. The number of para-hydroxylation sites is 1. The molecule has 38 heavy (non-hydrogen) atoms. The molecule has 1 atom stereocenters. The summed E-state index contributed by atoms with van der Waals surface area (Å²) in [6.45, 7) is 2.24. The van der Waals surface area contributed by atoms with E-state index in [2.05, 4.69) is 13.0 Å². The van der Waals surface area contributed by atoms with Gasteiger partial charge >= 0.3 is 5.97 Å². The van der Waals surface area contributed by atoms with Gasteiger partial charge in [0.25, 0.3) is 0 Å². The zero-order valence-corrected chi connectivity index (χ0v) is 23.0. The largest absolute Gasteiger partial charge is 0.490 e. The molecule has 3 aliphatic carbocycles. The van der Waals surface area contributed by atoms with Crippen molar-refractivity contribution in [2.24, 2.45) is 11.8 Å². The molecule has 1 heterocycles. The van der Waals surface area contributed by atoms with E-state index in [0.29, 0.717) is 37.3 Å². The van der Waals surface area contributed by atoms with E-state index in [1.807, 2.05) is 41.3 Å². The van der Waals surface area contributed by atoms with Crippen molar-refractivity contribution in [3.63, 3.8) is 0 Å². The molecule has 1 amide bonds. The van der Waals surface area contributed by atoms with Crippen LogP contribution < -0.4 is 9.64 Å². The van der Waals surface area contributed by atoms with Crippen LogP contribution in [0.3, 0.4) is 0 Å². The molecule has 0 spiro atoms. The number of aliphatic hydroxyl groups excluding tert-OH is 1. The van der Waals surface area contributed by atoms with Gasteiger partial charge in [-0.1, -0.05) is 31.2 Å². The number of hydrogen-bond donors (Lipinski definition) is 2. The highest BCUT2D eigenvalue weighted by Gasteiger charge is 2.37. The number of benzene rings is 1. The molecule has 0 aliphatic heterocycles. The maximum absolute atomic E-state index is 14.0. The number of carboxylic acids is 1. The predicted molar refractivity (Wildman–Crippen MR) is 151 cm³/mol. The van der Waals surface area contributed by atoms with Crippen LogP contribution in [0.25, 0.3) is 5.57 Å². The molecule has 1 aromatic carbocycles. The number of carboxylic acid groups (broad SMARTS) is 1. The molecule has 5 rings (SSSR count). The van der Waals surface area contributed by atoms with Crippen LogP contribution in [-0.4, -0.2) is 40.3 Å². The topological polar surface area (TPSA) is 87.1 Å². The SMILES string of the molecule is CC1CCC(C(=O)N(c2cc(C3=CCC(Oc4ccccc4)CC3)sc2C(=O)O)C2CCC(O)CC2)CC1. The number of anilines is 1. The van der Waals surface area contributed by atoms with Crippen molar-refractivity contribution < 1.29 is 24.5 Å². The van der Waals surface area contributed by atoms with Crippen LogP contribution in [0.1, 0.15) is 92.1 Å². The van der Waals surface area contributed by atoms with Crippen molar-refractivity contribution in [2.75, 3.05) is 4.90 Å². The van der Waals surface area contributed by atoms with Crippen LogP contribution >= 0.6 is 11.3 Å². The summed E-state index contributed by atoms with van der Waals surface area (Å²) in [5.74, 6) is 0.521. The number of amides is 1. The molecule has 2 fully saturated rings. The lowest BCUT2D eigenvalue weighted by Gasteiger charge is -2.38. The first-order chi connectivity index (χ1) is 18.4. The third kappa shape index (κ3) is 6.15. The molecule has 1 aromatic heterocycles. The Labute approximate surface area is 229 Å². The standard InChI is InChI=1S/C31H39NO5S/c1-20-7-9-22(10-8-20)30(34)32(23-13-15-24(33)16-14-23)27-19-28(38-29(27)31(35)36)21-11-17-26(18-12-21)37-25-5-3-2-4-6-25/h2-6,11,19-20,22-24,26,33H,7-10,12-18H2,1H3,(H,35,36). The minimum atomic E-state index is -0.983. The highest BCUT2D eigenvalue weighted by Crippen LogP contribution is 2.42. The number of allylic oxidation sites excluding steroid dienone is 1. The molecular formula is C31H39NO5S. The van der Waals surface area contributed by atoms with Crippen LogP contribution in [0.5, 0.6) is 5.75 Å². The summed E-state index contributed by atoms with van der Waals surface area (Å²) in [7, 11) is 0. The Balaban J connectivity index is 1.40. The number of rotatable bonds is 7. The van der Waals surface area contributed by atoms with Crippen molar-refractivity contribution in [1.82, 2.24) is 0 Å². The third-order valence-electron chi connectivity index (χ3n) is 8.53. The highest BCUT2D eigenvalue weighted by molar-refractivity contribution is 7.15. The van der Waals surface area contributed by atoms with E-state index in [1.54, 1.807) is 0 Å². The van der Waals surface area contributed by atoms with Crippen molar-refractivity contribution >= 4 is 34.5 Å². The van der Waals surface area contributed by atoms with Gasteiger partial charge in [0, 0.05) is 23.3 Å². The molecular weight excluding hydrogens is 498 g/mol. The van der Waals surface area contributed by atoms with E-state index in [0.717, 1.165) is 61.1 Å². The van der Waals surface area contributed by atoms with Gasteiger partial charge < -0.3 is 19.8 Å². The average molecular weight is 538 g/mol.